The summed E-state index contributed by atoms with van der Waals surface area (Å²) in [5.74, 6) is 0.325. The van der Waals surface area contributed by atoms with Crippen LogP contribution in [-0.4, -0.2) is 23.1 Å². The Morgan fingerprint density at radius 2 is 2.29 bits per heavy atom. The van der Waals surface area contributed by atoms with Crippen molar-refractivity contribution in [2.75, 3.05) is 24.1 Å². The van der Waals surface area contributed by atoms with E-state index in [4.69, 9.17) is 11.5 Å². The maximum atomic E-state index is 5.49. The molecule has 1 heterocycles. The second-order valence-electron chi connectivity index (χ2n) is 3.01. The normalized spacial score (nSPS) is 10.1. The Hall–Kier alpha value is -1.36. The van der Waals surface area contributed by atoms with Gasteiger partial charge < -0.3 is 16.8 Å². The van der Waals surface area contributed by atoms with Gasteiger partial charge in [0.25, 0.3) is 0 Å². The summed E-state index contributed by atoms with van der Waals surface area (Å²) in [7, 11) is 0. The van der Waals surface area contributed by atoms with E-state index in [9.17, 15) is 0 Å². The average Bonchev–Trinajstić information content (AvgIpc) is 2.20. The third-order valence-electron chi connectivity index (χ3n) is 1.92. The van der Waals surface area contributed by atoms with Crippen molar-refractivity contribution in [1.29, 1.82) is 0 Å². The molecule has 5 N–H and O–H groups in total. The molecule has 0 amide bonds. The van der Waals surface area contributed by atoms with Gasteiger partial charge in [0.2, 0.25) is 5.95 Å². The minimum atomic E-state index is 0.325. The highest BCUT2D eigenvalue weighted by molar-refractivity contribution is 5.47. The summed E-state index contributed by atoms with van der Waals surface area (Å²) in [4.78, 5) is 8.08. The number of nitrogens with zero attached hydrogens (tertiary/aromatic N) is 2. The van der Waals surface area contributed by atoms with E-state index < -0.39 is 0 Å². The molecule has 1 aromatic rings. The predicted molar refractivity (Wildman–Crippen MR) is 58.0 cm³/mol. The summed E-state index contributed by atoms with van der Waals surface area (Å²) < 4.78 is 0. The lowest BCUT2D eigenvalue weighted by molar-refractivity contribution is 0.867. The van der Waals surface area contributed by atoms with Gasteiger partial charge in [-0.25, -0.2) is 9.97 Å². The van der Waals surface area contributed by atoms with Crippen LogP contribution in [0.1, 0.15) is 19.0 Å². The zero-order chi connectivity index (χ0) is 10.4. The molecular formula is C9H17N5. The molecule has 78 valence electrons. The first-order valence-corrected chi connectivity index (χ1v) is 4.83. The van der Waals surface area contributed by atoms with Gasteiger partial charge >= 0.3 is 0 Å². The van der Waals surface area contributed by atoms with Crippen molar-refractivity contribution in [3.63, 3.8) is 0 Å². The van der Waals surface area contributed by atoms with Crippen molar-refractivity contribution in [1.82, 2.24) is 9.97 Å². The Bertz CT molecular complexity index is 287. The van der Waals surface area contributed by atoms with E-state index >= 15 is 0 Å². The molecule has 0 spiro atoms. The number of nitrogen functional groups attached to an aromatic ring is 1. The summed E-state index contributed by atoms with van der Waals surface area (Å²) in [5, 5.41) is 3.23. The second kappa shape index (κ2) is 5.39. The summed E-state index contributed by atoms with van der Waals surface area (Å²) in [6, 6.07) is 0. The van der Waals surface area contributed by atoms with E-state index in [1.807, 2.05) is 6.92 Å². The molecule has 0 atom stereocenters. The first-order chi connectivity index (χ1) is 6.77. The quantitative estimate of drug-likeness (QED) is 0.591. The van der Waals surface area contributed by atoms with Gasteiger partial charge in [-0.1, -0.05) is 6.92 Å². The van der Waals surface area contributed by atoms with E-state index in [-0.39, 0.29) is 0 Å². The monoisotopic (exact) mass is 195 g/mol. The third kappa shape index (κ3) is 2.85. The van der Waals surface area contributed by atoms with Gasteiger partial charge in [-0.2, -0.15) is 0 Å². The van der Waals surface area contributed by atoms with Crippen LogP contribution in [0.15, 0.2) is 6.20 Å². The number of aryl methyl sites for hydroxylation is 1. The van der Waals surface area contributed by atoms with Crippen molar-refractivity contribution in [3.05, 3.63) is 11.9 Å². The highest BCUT2D eigenvalue weighted by Crippen LogP contribution is 2.12. The first-order valence-electron chi connectivity index (χ1n) is 4.83. The van der Waals surface area contributed by atoms with Crippen LogP contribution in [0.25, 0.3) is 0 Å². The maximum absolute atomic E-state index is 5.49. The Morgan fingerprint density at radius 3 is 2.93 bits per heavy atom. The Kier molecular flexibility index (Phi) is 4.12. The number of rotatable bonds is 5. The molecule has 0 fully saturated rings. The molecule has 0 unspecified atom stereocenters. The van der Waals surface area contributed by atoms with E-state index in [1.54, 1.807) is 6.20 Å². The van der Waals surface area contributed by atoms with Crippen LogP contribution >= 0.6 is 0 Å². The summed E-state index contributed by atoms with van der Waals surface area (Å²) in [6.07, 6.45) is 3.50. The standard InChI is InChI=1S/C9H17N5/c1-2-7-8(12-5-3-4-10)6-13-9(11)14-7/h6,12H,2-5,10H2,1H3,(H2,11,13,14). The molecule has 1 rings (SSSR count). The molecule has 0 aliphatic rings. The minimum absolute atomic E-state index is 0.325. The fourth-order valence-electron chi connectivity index (χ4n) is 1.17. The lowest BCUT2D eigenvalue weighted by Crippen LogP contribution is -2.11. The topological polar surface area (TPSA) is 89.8 Å². The van der Waals surface area contributed by atoms with Crippen LogP contribution in [0.4, 0.5) is 11.6 Å². The van der Waals surface area contributed by atoms with Crippen molar-refractivity contribution in [2.24, 2.45) is 5.73 Å². The van der Waals surface area contributed by atoms with Gasteiger partial charge in [0.1, 0.15) is 0 Å². The Labute approximate surface area is 83.9 Å². The highest BCUT2D eigenvalue weighted by Gasteiger charge is 2.02. The number of anilines is 2. The van der Waals surface area contributed by atoms with Crippen LogP contribution in [0.2, 0.25) is 0 Å². The van der Waals surface area contributed by atoms with Crippen LogP contribution < -0.4 is 16.8 Å². The molecule has 0 radical (unpaired) electrons. The van der Waals surface area contributed by atoms with Crippen molar-refractivity contribution in [3.8, 4) is 0 Å². The molecule has 0 saturated carbocycles. The first kappa shape index (κ1) is 10.7. The summed E-state index contributed by atoms with van der Waals surface area (Å²) in [5.41, 5.74) is 12.8. The van der Waals surface area contributed by atoms with Gasteiger partial charge in [0.15, 0.2) is 0 Å². The smallest absolute Gasteiger partial charge is 0.220 e. The number of hydrogen-bond donors (Lipinski definition) is 3. The largest absolute Gasteiger partial charge is 0.382 e. The lowest BCUT2D eigenvalue weighted by atomic mass is 10.2. The van der Waals surface area contributed by atoms with Gasteiger partial charge in [-0.05, 0) is 19.4 Å². The van der Waals surface area contributed by atoms with Crippen LogP contribution in [-0.2, 0) is 6.42 Å². The molecule has 1 aromatic heterocycles. The average molecular weight is 195 g/mol. The SMILES string of the molecule is CCc1nc(N)ncc1NCCCN. The second-order valence-corrected chi connectivity index (χ2v) is 3.01. The van der Waals surface area contributed by atoms with E-state index in [0.717, 1.165) is 30.8 Å². The Morgan fingerprint density at radius 1 is 1.50 bits per heavy atom. The molecular weight excluding hydrogens is 178 g/mol. The lowest BCUT2D eigenvalue weighted by Gasteiger charge is -2.09. The summed E-state index contributed by atoms with van der Waals surface area (Å²) in [6.45, 7) is 3.57. The molecule has 5 nitrogen and oxygen atoms in total. The molecule has 5 heteroatoms. The van der Waals surface area contributed by atoms with E-state index in [2.05, 4.69) is 15.3 Å². The van der Waals surface area contributed by atoms with Gasteiger partial charge in [0, 0.05) is 6.54 Å². The van der Waals surface area contributed by atoms with E-state index in [1.165, 1.54) is 0 Å². The molecule has 14 heavy (non-hydrogen) atoms. The molecule has 0 aliphatic heterocycles. The number of hydrogen-bond acceptors (Lipinski definition) is 5. The van der Waals surface area contributed by atoms with Crippen molar-refractivity contribution in [2.45, 2.75) is 19.8 Å². The number of nitrogens with two attached hydrogens (primary N) is 2. The van der Waals surface area contributed by atoms with Crippen molar-refractivity contribution < 1.29 is 0 Å². The minimum Gasteiger partial charge on any atom is -0.382 e. The molecule has 0 bridgehead atoms. The van der Waals surface area contributed by atoms with Crippen molar-refractivity contribution >= 4 is 11.6 Å². The fraction of sp³-hybridized carbons (Fsp3) is 0.556. The van der Waals surface area contributed by atoms with Crippen LogP contribution in [0.3, 0.4) is 0 Å². The van der Waals surface area contributed by atoms with Gasteiger partial charge in [-0.3, -0.25) is 0 Å². The Balaban J connectivity index is 2.65. The molecule has 0 aliphatic carbocycles. The van der Waals surface area contributed by atoms with Crippen LogP contribution in [0.5, 0.6) is 0 Å². The summed E-state index contributed by atoms with van der Waals surface area (Å²) >= 11 is 0. The highest BCUT2D eigenvalue weighted by atomic mass is 15.0. The molecule has 0 saturated heterocycles. The predicted octanol–water partition coefficient (Wildman–Crippen LogP) is 0.382. The zero-order valence-electron chi connectivity index (χ0n) is 8.45. The van der Waals surface area contributed by atoms with Crippen LogP contribution in [0, 0.1) is 0 Å². The molecule has 0 aromatic carbocycles. The fourth-order valence-corrected chi connectivity index (χ4v) is 1.17. The van der Waals surface area contributed by atoms with Gasteiger partial charge in [0.05, 0.1) is 17.6 Å². The van der Waals surface area contributed by atoms with E-state index in [0.29, 0.717) is 12.5 Å². The third-order valence-corrected chi connectivity index (χ3v) is 1.92. The maximum Gasteiger partial charge on any atom is 0.220 e. The van der Waals surface area contributed by atoms with Gasteiger partial charge in [-0.15, -0.1) is 0 Å². The number of nitrogens with one attached hydrogen (secondary N) is 1. The zero-order valence-corrected chi connectivity index (χ0v) is 8.45. The number of aromatic nitrogens is 2.